The predicted molar refractivity (Wildman–Crippen MR) is 218 cm³/mol. The summed E-state index contributed by atoms with van der Waals surface area (Å²) in [5, 5.41) is 8.48. The Bertz CT molecular complexity index is 1560. The summed E-state index contributed by atoms with van der Waals surface area (Å²) in [6.45, 7) is 20.0. The van der Waals surface area contributed by atoms with Crippen molar-refractivity contribution >= 4 is 35.6 Å². The van der Waals surface area contributed by atoms with E-state index >= 15 is 0 Å². The van der Waals surface area contributed by atoms with Gasteiger partial charge in [0.15, 0.2) is 11.6 Å². The van der Waals surface area contributed by atoms with Gasteiger partial charge in [0.1, 0.15) is 17.8 Å². The van der Waals surface area contributed by atoms with Crippen molar-refractivity contribution in [2.24, 2.45) is 10.8 Å². The summed E-state index contributed by atoms with van der Waals surface area (Å²) in [6.07, 6.45) is 8.83. The molecule has 0 aliphatic heterocycles. The van der Waals surface area contributed by atoms with Gasteiger partial charge in [0.2, 0.25) is 5.95 Å². The fourth-order valence-corrected chi connectivity index (χ4v) is 7.51. The largest absolute Gasteiger partial charge is 0.460 e. The average molecular weight is 804 g/mol. The molecule has 1 aromatic heterocycles. The molecule has 1 fully saturated rings. The van der Waals surface area contributed by atoms with Crippen molar-refractivity contribution in [3.05, 3.63) is 34.8 Å². The van der Waals surface area contributed by atoms with Crippen molar-refractivity contribution in [3.63, 3.8) is 0 Å². The van der Waals surface area contributed by atoms with E-state index in [0.717, 1.165) is 38.2 Å². The molecule has 3 amide bonds. The minimum Gasteiger partial charge on any atom is -0.460 e. The molecule has 4 unspecified atom stereocenters. The van der Waals surface area contributed by atoms with Gasteiger partial charge in [-0.15, -0.1) is 0 Å². The van der Waals surface area contributed by atoms with Gasteiger partial charge in [-0.05, 0) is 95.8 Å². The van der Waals surface area contributed by atoms with Gasteiger partial charge in [-0.2, -0.15) is 4.98 Å². The Morgan fingerprint density at radius 2 is 1.47 bits per heavy atom. The van der Waals surface area contributed by atoms with Gasteiger partial charge >= 0.3 is 18.1 Å². The van der Waals surface area contributed by atoms with E-state index in [0.29, 0.717) is 70.2 Å². The van der Waals surface area contributed by atoms with Crippen molar-refractivity contribution in [2.75, 3.05) is 38.3 Å². The van der Waals surface area contributed by atoms with Crippen LogP contribution in [0.25, 0.3) is 0 Å². The number of aromatic amines is 1. The number of nitrogens with zero attached hydrogens (tertiary/aromatic N) is 1. The van der Waals surface area contributed by atoms with E-state index in [1.165, 1.54) is 6.07 Å². The number of anilines is 1. The van der Waals surface area contributed by atoms with Crippen LogP contribution in [0.5, 0.6) is 0 Å². The number of carbonyl (C=O) groups is 5. The van der Waals surface area contributed by atoms with Gasteiger partial charge in [-0.25, -0.2) is 14.4 Å². The minimum atomic E-state index is -0.938. The number of alkyl carbamates (subject to hydrolysis) is 1. The third-order valence-corrected chi connectivity index (χ3v) is 10.7. The molecular formula is C42H69N5O10. The summed E-state index contributed by atoms with van der Waals surface area (Å²) in [4.78, 5) is 80.8. The molecule has 4 N–H and O–H groups in total. The molecule has 1 heterocycles. The van der Waals surface area contributed by atoms with Crippen molar-refractivity contribution in [1.82, 2.24) is 20.6 Å². The molecule has 0 saturated heterocycles. The van der Waals surface area contributed by atoms with E-state index in [2.05, 4.69) is 53.3 Å². The molecule has 4 atom stereocenters. The zero-order valence-electron chi connectivity index (χ0n) is 35.7. The zero-order chi connectivity index (χ0) is 42.7. The first kappa shape index (κ1) is 49.0. The van der Waals surface area contributed by atoms with Crippen LogP contribution < -0.4 is 21.5 Å². The molecule has 1 saturated carbocycles. The third-order valence-electron chi connectivity index (χ3n) is 10.7. The number of nitrogens with one attached hydrogen (secondary N) is 4. The highest BCUT2D eigenvalue weighted by atomic mass is 16.6. The fourth-order valence-electron chi connectivity index (χ4n) is 7.51. The number of H-pyrrole nitrogens is 1. The molecule has 15 heteroatoms. The van der Waals surface area contributed by atoms with Crippen LogP contribution >= 0.6 is 0 Å². The number of amides is 3. The van der Waals surface area contributed by atoms with E-state index in [1.807, 2.05) is 20.8 Å². The van der Waals surface area contributed by atoms with Crippen LogP contribution in [-0.2, 0) is 33.3 Å². The number of ether oxygens (including phenoxy) is 4. The molecule has 0 aromatic carbocycles. The Kier molecular flexibility index (Phi) is 20.1. The summed E-state index contributed by atoms with van der Waals surface area (Å²) in [6, 6.07) is 0.728. The number of rotatable bonds is 26. The maximum Gasteiger partial charge on any atom is 0.407 e. The van der Waals surface area contributed by atoms with Crippen molar-refractivity contribution in [2.45, 2.75) is 156 Å². The number of carbonyl (C=O) groups excluding carboxylic acids is 5. The van der Waals surface area contributed by atoms with Gasteiger partial charge in [0, 0.05) is 49.9 Å². The van der Waals surface area contributed by atoms with Crippen LogP contribution in [0, 0.1) is 17.8 Å². The summed E-state index contributed by atoms with van der Waals surface area (Å²) in [5.74, 6) is -0.405. The molecule has 322 valence electrons. The molecule has 0 radical (unpaired) electrons. The van der Waals surface area contributed by atoms with Crippen LogP contribution in [-0.4, -0.2) is 89.8 Å². The molecule has 2 rings (SSSR count). The SMILES string of the molecule is C=CC(=O)OCCOC(C)(CC)C(=O)CCCCCOC(C)(CC)C(=O)CCCCCOC(=O)NC1CC(C)(C)CC(C)(CNC(=O)Nc2nc(=O)cc(C)[nH]2)C1. The standard InChI is InChI=1S/C42H69N5O10/c1-10-35(51)54-23-24-57-42(9,12-3)33(49)20-16-14-18-22-56-41(8,11-2)32(48)19-15-13-17-21-55-38(53)45-31-26-39(5,6)28-40(7,27-31)29-43-37(52)47-36-44-30(4)25-34(50)46-36/h10,25,31H,1,11-24,26-29H2,2-9H3,(H,45,53)(H3,43,44,46,47,50,52). The van der Waals surface area contributed by atoms with E-state index in [9.17, 15) is 28.8 Å². The maximum atomic E-state index is 13.1. The molecule has 15 nitrogen and oxygen atoms in total. The summed E-state index contributed by atoms with van der Waals surface area (Å²) in [7, 11) is 0. The smallest absolute Gasteiger partial charge is 0.407 e. The Labute approximate surface area is 338 Å². The number of hydrogen-bond acceptors (Lipinski definition) is 11. The molecular weight excluding hydrogens is 734 g/mol. The molecule has 1 aliphatic carbocycles. The fraction of sp³-hybridized carbons (Fsp3) is 0.738. The summed E-state index contributed by atoms with van der Waals surface area (Å²) >= 11 is 0. The molecule has 0 spiro atoms. The van der Waals surface area contributed by atoms with Gasteiger partial charge < -0.3 is 34.6 Å². The van der Waals surface area contributed by atoms with Crippen LogP contribution in [0.15, 0.2) is 23.5 Å². The number of aromatic nitrogens is 2. The van der Waals surface area contributed by atoms with Crippen molar-refractivity contribution < 1.29 is 42.9 Å². The monoisotopic (exact) mass is 804 g/mol. The maximum absolute atomic E-state index is 13.1. The second-order valence-corrected chi connectivity index (χ2v) is 16.8. The van der Waals surface area contributed by atoms with Crippen molar-refractivity contribution in [1.29, 1.82) is 0 Å². The van der Waals surface area contributed by atoms with Crippen molar-refractivity contribution in [3.8, 4) is 0 Å². The van der Waals surface area contributed by atoms with E-state index in [1.54, 1.807) is 13.8 Å². The quantitative estimate of drug-likeness (QED) is 0.0432. The number of Topliss-reactive ketones (excluding diaryl/α,β-unsaturated/α-hetero) is 2. The topological polar surface area (TPSA) is 204 Å². The highest BCUT2D eigenvalue weighted by Crippen LogP contribution is 2.45. The lowest BCUT2D eigenvalue weighted by Gasteiger charge is -2.46. The first-order valence-corrected chi connectivity index (χ1v) is 20.5. The Balaban J connectivity index is 1.65. The first-order chi connectivity index (χ1) is 26.8. The predicted octanol–water partition coefficient (Wildman–Crippen LogP) is 6.87. The second-order valence-electron chi connectivity index (χ2n) is 16.8. The van der Waals surface area contributed by atoms with E-state index in [4.69, 9.17) is 18.9 Å². The lowest BCUT2D eigenvalue weighted by molar-refractivity contribution is -0.149. The number of esters is 1. The number of hydrogen-bond donors (Lipinski definition) is 4. The zero-order valence-corrected chi connectivity index (χ0v) is 35.7. The number of aryl methyl sites for hydroxylation is 1. The second kappa shape index (κ2) is 23.3. The van der Waals surface area contributed by atoms with Crippen LogP contribution in [0.2, 0.25) is 0 Å². The molecule has 1 aliphatic rings. The van der Waals surface area contributed by atoms with Crippen LogP contribution in [0.3, 0.4) is 0 Å². The van der Waals surface area contributed by atoms with E-state index < -0.39 is 34.9 Å². The number of ketones is 2. The van der Waals surface area contributed by atoms with Gasteiger partial charge in [-0.1, -0.05) is 47.6 Å². The minimum absolute atomic E-state index is 0.00366. The Morgan fingerprint density at radius 3 is 2.05 bits per heavy atom. The van der Waals surface area contributed by atoms with Gasteiger partial charge in [0.05, 0.1) is 13.2 Å². The highest BCUT2D eigenvalue weighted by molar-refractivity contribution is 5.88. The Hall–Kier alpha value is -4.11. The number of urea groups is 1. The summed E-state index contributed by atoms with van der Waals surface area (Å²) < 4.78 is 22.3. The molecule has 1 aromatic rings. The third kappa shape index (κ3) is 17.9. The normalized spacial score (nSPS) is 19.6. The average Bonchev–Trinajstić information content (AvgIpc) is 3.13. The van der Waals surface area contributed by atoms with Crippen LogP contribution in [0.1, 0.15) is 138 Å². The lowest BCUT2D eigenvalue weighted by atomic mass is 9.62. The molecule has 57 heavy (non-hydrogen) atoms. The lowest BCUT2D eigenvalue weighted by Crippen LogP contribution is -2.51. The summed E-state index contributed by atoms with van der Waals surface area (Å²) in [5.41, 5.74) is -2.06. The molecule has 0 bridgehead atoms. The van der Waals surface area contributed by atoms with E-state index in [-0.39, 0.29) is 54.2 Å². The number of unbranched alkanes of at least 4 members (excludes halogenated alkanes) is 4. The van der Waals surface area contributed by atoms with Gasteiger partial charge in [0.25, 0.3) is 5.56 Å². The Morgan fingerprint density at radius 1 is 0.877 bits per heavy atom. The highest BCUT2D eigenvalue weighted by Gasteiger charge is 2.42. The van der Waals surface area contributed by atoms with Gasteiger partial charge in [-0.3, -0.25) is 19.7 Å². The first-order valence-electron chi connectivity index (χ1n) is 20.5. The van der Waals surface area contributed by atoms with Crippen LogP contribution in [0.4, 0.5) is 15.5 Å².